The van der Waals surface area contributed by atoms with Crippen molar-refractivity contribution >= 4 is 66.7 Å². The van der Waals surface area contributed by atoms with Gasteiger partial charge in [-0.3, -0.25) is 14.9 Å². The van der Waals surface area contributed by atoms with E-state index in [2.05, 4.69) is 37.2 Å². The second-order valence-electron chi connectivity index (χ2n) is 6.51. The summed E-state index contributed by atoms with van der Waals surface area (Å²) in [6.45, 7) is 0. The van der Waals surface area contributed by atoms with Gasteiger partial charge in [0.25, 0.3) is 5.69 Å². The zero-order valence-corrected chi connectivity index (χ0v) is 20.1. The fourth-order valence-electron chi connectivity index (χ4n) is 2.79. The Morgan fingerprint density at radius 2 is 1.76 bits per heavy atom. The quantitative estimate of drug-likeness (QED) is 0.151. The van der Waals surface area contributed by atoms with Crippen LogP contribution in [-0.2, 0) is 11.2 Å². The first-order chi connectivity index (χ1) is 15.6. The number of carbonyl (C=O) groups is 2. The average molecular weight is 605 g/mol. The molecule has 0 bridgehead atoms. The van der Waals surface area contributed by atoms with Crippen LogP contribution < -0.4 is 10.1 Å². The minimum atomic E-state index is -1.43. The lowest BCUT2D eigenvalue weighted by atomic mass is 10.1. The summed E-state index contributed by atoms with van der Waals surface area (Å²) in [6.07, 6.45) is -0.417. The first-order valence-electron chi connectivity index (χ1n) is 8.94. The Morgan fingerprint density at radius 3 is 2.42 bits per heavy atom. The van der Waals surface area contributed by atoms with E-state index < -0.39 is 46.2 Å². The molecule has 7 nitrogen and oxygen atoms in total. The van der Waals surface area contributed by atoms with Crippen LogP contribution in [-0.4, -0.2) is 16.8 Å². The molecule has 0 aliphatic carbocycles. The summed E-state index contributed by atoms with van der Waals surface area (Å²) in [7, 11) is 0. The number of esters is 1. The Bertz CT molecular complexity index is 1290. The van der Waals surface area contributed by atoms with Gasteiger partial charge in [-0.05, 0) is 40.2 Å². The summed E-state index contributed by atoms with van der Waals surface area (Å²) < 4.78 is 33.3. The van der Waals surface area contributed by atoms with Crippen LogP contribution >= 0.6 is 43.5 Å². The monoisotopic (exact) mass is 602 g/mol. The molecule has 3 aromatic rings. The Balaban J connectivity index is 1.89. The lowest BCUT2D eigenvalue weighted by molar-refractivity contribution is -0.384. The maximum Gasteiger partial charge on any atom is 0.345 e. The van der Waals surface area contributed by atoms with Gasteiger partial charge in [0.05, 0.1) is 32.5 Å². The van der Waals surface area contributed by atoms with E-state index in [1.54, 1.807) is 18.2 Å². The highest BCUT2D eigenvalue weighted by atomic mass is 79.9. The van der Waals surface area contributed by atoms with Gasteiger partial charge >= 0.3 is 5.97 Å². The number of benzene rings is 3. The van der Waals surface area contributed by atoms with Crippen LogP contribution in [0.5, 0.6) is 5.75 Å². The van der Waals surface area contributed by atoms with Gasteiger partial charge in [-0.15, -0.1) is 0 Å². The fourth-order valence-corrected chi connectivity index (χ4v) is 4.40. The predicted octanol–water partition coefficient (Wildman–Crippen LogP) is 6.45. The molecule has 0 saturated carbocycles. The van der Waals surface area contributed by atoms with E-state index in [0.717, 1.165) is 0 Å². The first-order valence-corrected chi connectivity index (χ1v) is 10.9. The Morgan fingerprint density at radius 1 is 1.09 bits per heavy atom. The molecule has 12 heteroatoms. The summed E-state index contributed by atoms with van der Waals surface area (Å²) >= 11 is 12.6. The molecule has 0 spiro atoms. The molecule has 3 aromatic carbocycles. The maximum absolute atomic E-state index is 13.6. The third-order valence-electron chi connectivity index (χ3n) is 4.23. The lowest BCUT2D eigenvalue weighted by Crippen LogP contribution is -2.18. The highest BCUT2D eigenvalue weighted by Gasteiger charge is 2.23. The van der Waals surface area contributed by atoms with Crippen LogP contribution in [0.15, 0.2) is 57.5 Å². The van der Waals surface area contributed by atoms with Gasteiger partial charge in [-0.2, -0.15) is 0 Å². The van der Waals surface area contributed by atoms with Crippen LogP contribution in [0.25, 0.3) is 0 Å². The number of amides is 1. The molecule has 3 rings (SSSR count). The van der Waals surface area contributed by atoms with Crippen LogP contribution in [0, 0.1) is 21.7 Å². The van der Waals surface area contributed by atoms with E-state index in [0.29, 0.717) is 21.1 Å². The average Bonchev–Trinajstić information content (AvgIpc) is 2.73. The zero-order valence-electron chi connectivity index (χ0n) is 16.2. The highest BCUT2D eigenvalue weighted by Crippen LogP contribution is 2.35. The number of ether oxygens (including phenoxy) is 1. The Labute approximate surface area is 207 Å². The summed E-state index contributed by atoms with van der Waals surface area (Å²) in [4.78, 5) is 35.4. The molecule has 0 aliphatic rings. The van der Waals surface area contributed by atoms with Crippen LogP contribution in [0.2, 0.25) is 5.02 Å². The van der Waals surface area contributed by atoms with Crippen molar-refractivity contribution in [3.63, 3.8) is 0 Å². The first kappa shape index (κ1) is 24.7. The van der Waals surface area contributed by atoms with E-state index >= 15 is 0 Å². The topological polar surface area (TPSA) is 98.5 Å². The number of hydrogen-bond acceptors (Lipinski definition) is 5. The fraction of sp³-hybridized carbons (Fsp3) is 0.0476. The van der Waals surface area contributed by atoms with E-state index in [1.807, 2.05) is 0 Å². The van der Waals surface area contributed by atoms with Crippen molar-refractivity contribution in [3.05, 3.63) is 95.4 Å². The molecule has 0 aromatic heterocycles. The predicted molar refractivity (Wildman–Crippen MR) is 124 cm³/mol. The summed E-state index contributed by atoms with van der Waals surface area (Å²) in [6, 6.07) is 10.2. The van der Waals surface area contributed by atoms with Crippen molar-refractivity contribution in [2.45, 2.75) is 6.42 Å². The van der Waals surface area contributed by atoms with Gasteiger partial charge in [0, 0.05) is 16.1 Å². The van der Waals surface area contributed by atoms with Crippen LogP contribution in [0.1, 0.15) is 15.9 Å². The standard InChI is InChI=1S/C21H11Br2ClF2N2O5/c22-11-5-10(6-19(29)27-17-8-15(25)16(26)9-18(17)28(31)32)20(13(23)7-11)33-21(30)12-3-1-2-4-14(12)24/h1-5,7-9H,6H2,(H,27,29). The Kier molecular flexibility index (Phi) is 7.77. The molecule has 1 amide bonds. The van der Waals surface area contributed by atoms with E-state index in [-0.39, 0.29) is 21.9 Å². The van der Waals surface area contributed by atoms with Crippen molar-refractivity contribution in [1.29, 1.82) is 0 Å². The minimum Gasteiger partial charge on any atom is -0.421 e. The molecule has 0 heterocycles. The van der Waals surface area contributed by atoms with Gasteiger partial charge in [0.2, 0.25) is 5.91 Å². The van der Waals surface area contributed by atoms with E-state index in [9.17, 15) is 28.5 Å². The third kappa shape index (κ3) is 5.92. The second kappa shape index (κ2) is 10.4. The SMILES string of the molecule is O=C(Cc1cc(Br)cc(Br)c1OC(=O)c1ccccc1Cl)Nc1cc(F)c(F)cc1[N+](=O)[O-]. The molecule has 0 fully saturated rings. The number of nitrogens with zero attached hydrogens (tertiary/aromatic N) is 1. The number of hydrogen-bond donors (Lipinski definition) is 1. The van der Waals surface area contributed by atoms with Crippen molar-refractivity contribution in [2.75, 3.05) is 5.32 Å². The summed E-state index contributed by atoms with van der Waals surface area (Å²) in [5.41, 5.74) is -1.02. The van der Waals surface area contributed by atoms with Crippen molar-refractivity contribution in [1.82, 2.24) is 0 Å². The van der Waals surface area contributed by atoms with E-state index in [4.69, 9.17) is 16.3 Å². The number of nitrogens with one attached hydrogen (secondary N) is 1. The smallest absolute Gasteiger partial charge is 0.345 e. The maximum atomic E-state index is 13.6. The molecule has 0 radical (unpaired) electrons. The molecular formula is C21H11Br2ClF2N2O5. The largest absolute Gasteiger partial charge is 0.421 e. The number of carbonyl (C=O) groups excluding carboxylic acids is 2. The van der Waals surface area contributed by atoms with Gasteiger partial charge < -0.3 is 10.1 Å². The molecule has 170 valence electrons. The number of halogens is 5. The highest BCUT2D eigenvalue weighted by molar-refractivity contribution is 9.11. The number of nitro benzene ring substituents is 1. The minimum absolute atomic E-state index is 0.0121. The Hall–Kier alpha value is -2.89. The number of anilines is 1. The van der Waals surface area contributed by atoms with Gasteiger partial charge in [-0.25, -0.2) is 13.6 Å². The molecule has 0 saturated heterocycles. The lowest BCUT2D eigenvalue weighted by Gasteiger charge is -2.14. The zero-order chi connectivity index (χ0) is 24.3. The molecule has 33 heavy (non-hydrogen) atoms. The van der Waals surface area contributed by atoms with Gasteiger partial charge in [0.15, 0.2) is 11.6 Å². The molecule has 0 unspecified atom stereocenters. The summed E-state index contributed by atoms with van der Waals surface area (Å²) in [5, 5.41) is 13.5. The third-order valence-corrected chi connectivity index (χ3v) is 5.61. The van der Waals surface area contributed by atoms with Crippen LogP contribution in [0.4, 0.5) is 20.2 Å². The van der Waals surface area contributed by atoms with Crippen molar-refractivity contribution in [3.8, 4) is 5.75 Å². The van der Waals surface area contributed by atoms with Gasteiger partial charge in [0.1, 0.15) is 11.4 Å². The summed E-state index contributed by atoms with van der Waals surface area (Å²) in [5.74, 6) is -4.36. The molecule has 1 N–H and O–H groups in total. The molecule has 0 atom stereocenters. The van der Waals surface area contributed by atoms with Crippen LogP contribution in [0.3, 0.4) is 0 Å². The van der Waals surface area contributed by atoms with Gasteiger partial charge in [-0.1, -0.05) is 39.7 Å². The number of nitro groups is 1. The molecular weight excluding hydrogens is 593 g/mol. The van der Waals surface area contributed by atoms with Crippen molar-refractivity contribution < 1.29 is 28.0 Å². The normalized spacial score (nSPS) is 10.6. The van der Waals surface area contributed by atoms with Crippen molar-refractivity contribution in [2.24, 2.45) is 0 Å². The van der Waals surface area contributed by atoms with E-state index in [1.165, 1.54) is 18.2 Å². The second-order valence-corrected chi connectivity index (χ2v) is 8.69. The molecule has 0 aliphatic heterocycles. The number of rotatable bonds is 6.